The fourth-order valence-electron chi connectivity index (χ4n) is 4.02. The minimum absolute atomic E-state index is 0.0387. The van der Waals surface area contributed by atoms with E-state index in [1.165, 1.54) is 11.1 Å². The van der Waals surface area contributed by atoms with Crippen LogP contribution in [-0.2, 0) is 22.4 Å². The molecule has 1 saturated heterocycles. The molecule has 8 heteroatoms. The van der Waals surface area contributed by atoms with Gasteiger partial charge in [0.2, 0.25) is 6.10 Å². The molecule has 1 unspecified atom stereocenters. The molecular formula is C19H24N5O3+. The average molecular weight is 370 g/mol. The smallest absolute Gasteiger partial charge is 0.400 e. The van der Waals surface area contributed by atoms with Gasteiger partial charge in [-0.15, -0.1) is 0 Å². The molecule has 1 aliphatic carbocycles. The molecule has 0 spiro atoms. The quantitative estimate of drug-likeness (QED) is 0.716. The van der Waals surface area contributed by atoms with Crippen LogP contribution in [0.2, 0.25) is 0 Å². The number of H-pyrrole nitrogens is 1. The zero-order valence-electron chi connectivity index (χ0n) is 15.8. The van der Waals surface area contributed by atoms with E-state index in [9.17, 15) is 9.59 Å². The molecule has 8 nitrogen and oxygen atoms in total. The van der Waals surface area contributed by atoms with Crippen LogP contribution in [0.15, 0.2) is 18.2 Å². The number of hydrogen-bond donors (Lipinski definition) is 3. The number of fused-ring (bicyclic) bond motifs is 3. The van der Waals surface area contributed by atoms with Crippen LogP contribution in [0.1, 0.15) is 17.5 Å². The van der Waals surface area contributed by atoms with Gasteiger partial charge in [0.25, 0.3) is 5.91 Å². The summed E-state index contributed by atoms with van der Waals surface area (Å²) < 4.78 is 5.29. The first-order chi connectivity index (χ1) is 13.0. The van der Waals surface area contributed by atoms with Crippen molar-refractivity contribution in [2.24, 2.45) is 0 Å². The van der Waals surface area contributed by atoms with Crippen LogP contribution in [0.25, 0.3) is 11.3 Å². The third-order valence-electron chi connectivity index (χ3n) is 5.62. The summed E-state index contributed by atoms with van der Waals surface area (Å²) in [6, 6.07) is 6.05. The molecule has 27 heavy (non-hydrogen) atoms. The SMILES string of the molecule is CNC(=O)[C@H]1C[N+](C)(c2ccc3c(c2)CCCc2c(NC)n[nH]c2-3)C(=O)O1. The van der Waals surface area contributed by atoms with Crippen molar-refractivity contribution < 1.29 is 14.3 Å². The van der Waals surface area contributed by atoms with E-state index in [0.717, 1.165) is 42.0 Å². The number of ether oxygens (including phenoxy) is 1. The van der Waals surface area contributed by atoms with Gasteiger partial charge in [-0.1, -0.05) is 0 Å². The number of anilines is 1. The number of nitrogens with zero attached hydrogens (tertiary/aromatic N) is 2. The number of quaternary nitrogens is 1. The number of nitrogens with one attached hydrogen (secondary N) is 3. The maximum Gasteiger partial charge on any atom is 0.522 e. The Hall–Kier alpha value is -2.87. The fraction of sp³-hybridized carbons (Fsp3) is 0.421. The molecule has 3 N–H and O–H groups in total. The largest absolute Gasteiger partial charge is 0.522 e. The molecule has 0 radical (unpaired) electrons. The maximum absolute atomic E-state index is 12.5. The minimum Gasteiger partial charge on any atom is -0.400 e. The van der Waals surface area contributed by atoms with Crippen molar-refractivity contribution in [1.29, 1.82) is 0 Å². The summed E-state index contributed by atoms with van der Waals surface area (Å²) >= 11 is 0. The maximum atomic E-state index is 12.5. The Balaban J connectivity index is 1.73. The molecule has 142 valence electrons. The van der Waals surface area contributed by atoms with Gasteiger partial charge >= 0.3 is 6.09 Å². The van der Waals surface area contributed by atoms with Crippen LogP contribution in [0.5, 0.6) is 0 Å². The zero-order valence-corrected chi connectivity index (χ0v) is 15.8. The predicted octanol–water partition coefficient (Wildman–Crippen LogP) is 1.81. The van der Waals surface area contributed by atoms with Gasteiger partial charge in [-0.05, 0) is 30.9 Å². The first kappa shape index (κ1) is 17.5. The van der Waals surface area contributed by atoms with Gasteiger partial charge in [0.05, 0.1) is 12.7 Å². The minimum atomic E-state index is -0.760. The van der Waals surface area contributed by atoms with Crippen molar-refractivity contribution in [3.8, 4) is 11.3 Å². The van der Waals surface area contributed by atoms with E-state index in [4.69, 9.17) is 4.74 Å². The summed E-state index contributed by atoms with van der Waals surface area (Å²) in [7, 11) is 5.21. The van der Waals surface area contributed by atoms with Crippen molar-refractivity contribution in [3.63, 3.8) is 0 Å². The third kappa shape index (κ3) is 2.68. The highest BCUT2D eigenvalue weighted by Gasteiger charge is 2.50. The van der Waals surface area contributed by atoms with Crippen LogP contribution in [-0.4, -0.2) is 56.0 Å². The Bertz CT molecular complexity index is 922. The molecule has 2 aromatic rings. The lowest BCUT2D eigenvalue weighted by Gasteiger charge is -2.23. The molecule has 4 rings (SSSR count). The Labute approximate surface area is 157 Å². The fourth-order valence-corrected chi connectivity index (χ4v) is 4.02. The number of carbonyl (C=O) groups is 2. The summed E-state index contributed by atoms with van der Waals surface area (Å²) in [6.45, 7) is 0.288. The number of hydrogen-bond acceptors (Lipinski definition) is 5. The summed E-state index contributed by atoms with van der Waals surface area (Å²) in [4.78, 5) is 24.5. The number of cyclic esters (lactones) is 1. The molecule has 1 fully saturated rings. The van der Waals surface area contributed by atoms with Gasteiger partial charge in [0, 0.05) is 37.4 Å². The van der Waals surface area contributed by atoms with E-state index in [1.54, 1.807) is 14.1 Å². The van der Waals surface area contributed by atoms with Crippen LogP contribution in [0.3, 0.4) is 0 Å². The molecule has 0 saturated carbocycles. The molecule has 2 atom stereocenters. The Morgan fingerprint density at radius 3 is 2.89 bits per heavy atom. The van der Waals surface area contributed by atoms with Crippen LogP contribution >= 0.6 is 0 Å². The lowest BCUT2D eigenvalue weighted by atomic mass is 10.0. The number of aromatic amines is 1. The lowest BCUT2D eigenvalue weighted by Crippen LogP contribution is -2.47. The summed E-state index contributed by atoms with van der Waals surface area (Å²) in [6.07, 6.45) is 1.70. The van der Waals surface area contributed by atoms with Gasteiger partial charge < -0.3 is 15.4 Å². The molecule has 1 aromatic carbocycles. The highest BCUT2D eigenvalue weighted by molar-refractivity contribution is 5.92. The van der Waals surface area contributed by atoms with Gasteiger partial charge in [0.15, 0.2) is 5.82 Å². The van der Waals surface area contributed by atoms with Gasteiger partial charge in [0.1, 0.15) is 12.2 Å². The zero-order chi connectivity index (χ0) is 19.2. The van der Waals surface area contributed by atoms with Crippen molar-refractivity contribution in [2.75, 3.05) is 33.0 Å². The van der Waals surface area contributed by atoms with Gasteiger partial charge in [-0.2, -0.15) is 14.4 Å². The standard InChI is InChI=1S/C19H23N5O3/c1-20-17-14-6-4-5-11-9-12(7-8-13(11)16(14)22-23-17)24(3)10-15(18(25)21-2)27-19(24)26/h7-9,15H,4-6,10H2,1-3H3,(H2-,20,21,22,23,25)/p+1/t15-,24?/m1/s1. The second-order valence-electron chi connectivity index (χ2n) is 7.23. The molecule has 2 amide bonds. The van der Waals surface area contributed by atoms with Crippen molar-refractivity contribution in [3.05, 3.63) is 29.3 Å². The van der Waals surface area contributed by atoms with Crippen LogP contribution in [0.4, 0.5) is 16.3 Å². The highest BCUT2D eigenvalue weighted by atomic mass is 16.6. The number of aryl methyl sites for hydroxylation is 1. The van der Waals surface area contributed by atoms with Crippen molar-refractivity contribution in [2.45, 2.75) is 25.4 Å². The summed E-state index contributed by atoms with van der Waals surface area (Å²) in [5.74, 6) is 0.610. The van der Waals surface area contributed by atoms with Gasteiger partial charge in [-0.25, -0.2) is 0 Å². The van der Waals surface area contributed by atoms with E-state index in [1.807, 2.05) is 19.2 Å². The summed E-state index contributed by atoms with van der Waals surface area (Å²) in [5.41, 5.74) is 5.36. The number of benzene rings is 1. The Morgan fingerprint density at radius 1 is 1.33 bits per heavy atom. The van der Waals surface area contributed by atoms with E-state index in [0.29, 0.717) is 0 Å². The molecule has 2 heterocycles. The van der Waals surface area contributed by atoms with E-state index in [2.05, 4.69) is 26.9 Å². The third-order valence-corrected chi connectivity index (χ3v) is 5.62. The van der Waals surface area contributed by atoms with E-state index >= 15 is 0 Å². The summed E-state index contributed by atoms with van der Waals surface area (Å²) in [5, 5.41) is 13.2. The van der Waals surface area contributed by atoms with E-state index < -0.39 is 12.2 Å². The predicted molar refractivity (Wildman–Crippen MR) is 103 cm³/mol. The number of carbonyl (C=O) groups excluding carboxylic acids is 2. The molecule has 2 aliphatic rings. The number of amides is 2. The normalized spacial score (nSPS) is 23.8. The monoisotopic (exact) mass is 370 g/mol. The number of rotatable bonds is 3. The second kappa shape index (κ2) is 6.38. The first-order valence-corrected chi connectivity index (χ1v) is 9.15. The van der Waals surface area contributed by atoms with Crippen LogP contribution in [0, 0.1) is 0 Å². The number of aromatic nitrogens is 2. The molecule has 1 aromatic heterocycles. The molecule has 0 bridgehead atoms. The van der Waals surface area contributed by atoms with Crippen LogP contribution < -0.4 is 15.1 Å². The number of likely N-dealkylation sites (N-methyl/N-ethyl adjacent to an activating group) is 2. The van der Waals surface area contributed by atoms with Crippen molar-refractivity contribution >= 4 is 23.5 Å². The van der Waals surface area contributed by atoms with Gasteiger partial charge in [-0.3, -0.25) is 9.89 Å². The highest BCUT2D eigenvalue weighted by Crippen LogP contribution is 2.38. The molecular weight excluding hydrogens is 346 g/mol. The first-order valence-electron chi connectivity index (χ1n) is 9.15. The Kier molecular flexibility index (Phi) is 4.15. The Morgan fingerprint density at radius 2 is 2.15 bits per heavy atom. The lowest BCUT2D eigenvalue weighted by molar-refractivity contribution is -0.127. The molecule has 1 aliphatic heterocycles. The van der Waals surface area contributed by atoms with E-state index in [-0.39, 0.29) is 16.9 Å². The van der Waals surface area contributed by atoms with Crippen molar-refractivity contribution in [1.82, 2.24) is 20.0 Å². The average Bonchev–Trinajstić information content (AvgIpc) is 3.16. The second-order valence-corrected chi connectivity index (χ2v) is 7.23. The topological polar surface area (TPSA) is 96.1 Å².